The molecule has 228 valence electrons. The van der Waals surface area contributed by atoms with Gasteiger partial charge in [-0.05, 0) is 72.7 Å². The van der Waals surface area contributed by atoms with Crippen LogP contribution in [0.2, 0.25) is 0 Å². The Kier molecular flexibility index (Phi) is 8.00. The number of pyridine rings is 2. The van der Waals surface area contributed by atoms with Crippen molar-refractivity contribution in [2.24, 2.45) is 0 Å². The lowest BCUT2D eigenvalue weighted by atomic mass is 9.95. The Morgan fingerprint density at radius 1 is 1.11 bits per heavy atom. The molecule has 3 aromatic rings. The number of alkyl halides is 2. The van der Waals surface area contributed by atoms with E-state index in [-0.39, 0.29) is 40.0 Å². The number of nitriles is 1. The molecule has 2 saturated carbocycles. The highest BCUT2D eigenvalue weighted by atomic mass is 19.3. The zero-order valence-corrected chi connectivity index (χ0v) is 24.2. The molecule has 0 unspecified atom stereocenters. The maximum Gasteiger partial charge on any atom is 0.282 e. The lowest BCUT2D eigenvalue weighted by molar-refractivity contribution is -0.113. The summed E-state index contributed by atoms with van der Waals surface area (Å²) in [5.74, 6) is -3.77. The molecule has 3 fully saturated rings. The fraction of sp³-hybridized carbons (Fsp3) is 0.406. The molecular formula is C32H32F2N6O4. The number of aromatic nitrogens is 2. The van der Waals surface area contributed by atoms with Crippen molar-refractivity contribution in [2.45, 2.75) is 50.1 Å². The minimum Gasteiger partial charge on any atom is -0.383 e. The van der Waals surface area contributed by atoms with Gasteiger partial charge in [-0.1, -0.05) is 6.07 Å². The largest absolute Gasteiger partial charge is 0.383 e. The monoisotopic (exact) mass is 602 g/mol. The molecule has 2 aromatic heterocycles. The van der Waals surface area contributed by atoms with E-state index in [1.807, 2.05) is 12.1 Å². The van der Waals surface area contributed by atoms with Crippen molar-refractivity contribution in [2.75, 3.05) is 38.7 Å². The SMILES string of the molecule is COCCNCc1cc(C(=O)Nc2cc(-c3ccc(C#N)cc3C(=O)N3CC(F)(F)C3)cc(C3CC3)n2)c(=O)n(C2CC2)c1. The van der Waals surface area contributed by atoms with Crippen LogP contribution in [0.4, 0.5) is 14.6 Å². The molecule has 2 N–H and O–H groups in total. The first-order valence-corrected chi connectivity index (χ1v) is 14.7. The van der Waals surface area contributed by atoms with Crippen LogP contribution < -0.4 is 16.2 Å². The molecule has 1 aromatic carbocycles. The zero-order valence-electron chi connectivity index (χ0n) is 24.2. The van der Waals surface area contributed by atoms with Crippen LogP contribution >= 0.6 is 0 Å². The number of methoxy groups -OCH3 is 1. The third-order valence-corrected chi connectivity index (χ3v) is 8.00. The minimum absolute atomic E-state index is 0.00364. The Hall–Kier alpha value is -4.47. The molecule has 12 heteroatoms. The second-order valence-electron chi connectivity index (χ2n) is 11.7. The number of ether oxygens (including phenoxy) is 1. The molecule has 0 radical (unpaired) electrons. The Bertz CT molecular complexity index is 1720. The van der Waals surface area contributed by atoms with Gasteiger partial charge in [0.25, 0.3) is 23.3 Å². The third-order valence-electron chi connectivity index (χ3n) is 8.00. The van der Waals surface area contributed by atoms with Crippen molar-refractivity contribution in [1.29, 1.82) is 5.26 Å². The first-order valence-electron chi connectivity index (χ1n) is 14.7. The lowest BCUT2D eigenvalue weighted by Gasteiger charge is -2.39. The summed E-state index contributed by atoms with van der Waals surface area (Å²) in [6.07, 6.45) is 5.36. The Balaban J connectivity index is 1.33. The summed E-state index contributed by atoms with van der Waals surface area (Å²) in [7, 11) is 1.61. The van der Waals surface area contributed by atoms with Gasteiger partial charge < -0.3 is 24.8 Å². The number of amides is 2. The summed E-state index contributed by atoms with van der Waals surface area (Å²) >= 11 is 0. The lowest BCUT2D eigenvalue weighted by Crippen LogP contribution is -2.58. The number of hydrogen-bond acceptors (Lipinski definition) is 7. The topological polar surface area (TPSA) is 129 Å². The van der Waals surface area contributed by atoms with Gasteiger partial charge in [-0.2, -0.15) is 5.26 Å². The predicted octanol–water partition coefficient (Wildman–Crippen LogP) is 4.07. The quantitative estimate of drug-likeness (QED) is 0.317. The van der Waals surface area contributed by atoms with Crippen LogP contribution in [0.25, 0.3) is 11.1 Å². The molecular weight excluding hydrogens is 570 g/mol. The highest BCUT2D eigenvalue weighted by Crippen LogP contribution is 2.42. The fourth-order valence-electron chi connectivity index (χ4n) is 5.36. The van der Waals surface area contributed by atoms with E-state index in [1.165, 1.54) is 6.07 Å². The van der Waals surface area contributed by atoms with E-state index in [0.29, 0.717) is 36.5 Å². The standard InChI is InChI=1S/C32H32F2N6O4/c1-44-9-8-36-15-20-11-26(31(43)40(16-20)23-5-6-23)29(41)38-28-13-22(12-27(37-28)21-3-4-21)24-7-2-19(14-35)10-25(24)30(42)39-17-32(33,34)18-39/h2,7,10-13,16,21,23,36H,3-6,8-9,15,17-18H2,1H3,(H,37,38,41). The summed E-state index contributed by atoms with van der Waals surface area (Å²) < 4.78 is 33.9. The number of benzene rings is 1. The number of anilines is 1. The van der Waals surface area contributed by atoms with E-state index in [1.54, 1.807) is 42.1 Å². The summed E-state index contributed by atoms with van der Waals surface area (Å²) in [5, 5.41) is 15.5. The summed E-state index contributed by atoms with van der Waals surface area (Å²) in [6.45, 7) is 0.215. The summed E-state index contributed by atoms with van der Waals surface area (Å²) in [6, 6.07) is 11.6. The van der Waals surface area contributed by atoms with Crippen molar-refractivity contribution in [1.82, 2.24) is 19.8 Å². The van der Waals surface area contributed by atoms with Crippen molar-refractivity contribution in [3.8, 4) is 17.2 Å². The summed E-state index contributed by atoms with van der Waals surface area (Å²) in [4.78, 5) is 45.9. The average Bonchev–Trinajstić information content (AvgIpc) is 3.91. The molecule has 6 rings (SSSR count). The van der Waals surface area contributed by atoms with Gasteiger partial charge in [0, 0.05) is 49.6 Å². The van der Waals surface area contributed by atoms with E-state index in [9.17, 15) is 28.4 Å². The number of carbonyl (C=O) groups excluding carboxylic acids is 2. The van der Waals surface area contributed by atoms with Gasteiger partial charge in [0.2, 0.25) is 0 Å². The molecule has 1 saturated heterocycles. The Morgan fingerprint density at radius 2 is 1.89 bits per heavy atom. The maximum absolute atomic E-state index is 13.6. The number of nitrogens with zero attached hydrogens (tertiary/aromatic N) is 4. The normalized spacial score (nSPS) is 17.1. The van der Waals surface area contributed by atoms with Gasteiger partial charge in [-0.3, -0.25) is 14.4 Å². The van der Waals surface area contributed by atoms with Crippen molar-refractivity contribution in [3.05, 3.63) is 80.9 Å². The molecule has 10 nitrogen and oxygen atoms in total. The first-order chi connectivity index (χ1) is 21.2. The third kappa shape index (κ3) is 6.39. The van der Waals surface area contributed by atoms with Crippen LogP contribution in [0, 0.1) is 11.3 Å². The number of halogens is 2. The molecule has 0 spiro atoms. The van der Waals surface area contributed by atoms with Crippen LogP contribution in [-0.4, -0.2) is 65.5 Å². The highest BCUT2D eigenvalue weighted by Gasteiger charge is 2.46. The molecule has 44 heavy (non-hydrogen) atoms. The van der Waals surface area contributed by atoms with Gasteiger partial charge in [0.15, 0.2) is 0 Å². The Labute approximate surface area is 252 Å². The first kappa shape index (κ1) is 29.6. The van der Waals surface area contributed by atoms with Gasteiger partial charge in [0.05, 0.1) is 31.3 Å². The zero-order chi connectivity index (χ0) is 31.0. The second kappa shape index (κ2) is 11.9. The predicted molar refractivity (Wildman–Crippen MR) is 158 cm³/mol. The second-order valence-corrected chi connectivity index (χ2v) is 11.7. The number of likely N-dealkylation sites (tertiary alicyclic amines) is 1. The van der Waals surface area contributed by atoms with Crippen molar-refractivity contribution >= 4 is 17.6 Å². The molecule has 3 aliphatic rings. The van der Waals surface area contributed by atoms with Gasteiger partial charge >= 0.3 is 0 Å². The van der Waals surface area contributed by atoms with E-state index in [0.717, 1.165) is 36.1 Å². The van der Waals surface area contributed by atoms with Crippen molar-refractivity contribution < 1.29 is 23.1 Å². The van der Waals surface area contributed by atoms with Gasteiger partial charge in [-0.15, -0.1) is 0 Å². The fourth-order valence-corrected chi connectivity index (χ4v) is 5.36. The molecule has 3 heterocycles. The molecule has 0 atom stereocenters. The van der Waals surface area contributed by atoms with Crippen LogP contribution in [0.15, 0.2) is 47.4 Å². The molecule has 1 aliphatic heterocycles. The van der Waals surface area contributed by atoms with Gasteiger partial charge in [0.1, 0.15) is 11.4 Å². The van der Waals surface area contributed by atoms with E-state index >= 15 is 0 Å². The van der Waals surface area contributed by atoms with E-state index in [4.69, 9.17) is 4.74 Å². The number of carbonyl (C=O) groups is 2. The maximum atomic E-state index is 13.6. The average molecular weight is 603 g/mol. The molecule has 2 aliphatic carbocycles. The Morgan fingerprint density at radius 3 is 2.55 bits per heavy atom. The van der Waals surface area contributed by atoms with Crippen LogP contribution in [0.5, 0.6) is 0 Å². The van der Waals surface area contributed by atoms with Crippen LogP contribution in [0.1, 0.15) is 75.2 Å². The number of rotatable bonds is 11. The van der Waals surface area contributed by atoms with Gasteiger partial charge in [-0.25, -0.2) is 13.8 Å². The van der Waals surface area contributed by atoms with E-state index < -0.39 is 30.8 Å². The van der Waals surface area contributed by atoms with Crippen molar-refractivity contribution in [3.63, 3.8) is 0 Å². The molecule has 2 amide bonds. The minimum atomic E-state index is -2.94. The number of hydrogen-bond donors (Lipinski definition) is 2. The van der Waals surface area contributed by atoms with E-state index in [2.05, 4.69) is 15.6 Å². The smallest absolute Gasteiger partial charge is 0.282 e. The summed E-state index contributed by atoms with van der Waals surface area (Å²) in [5.41, 5.74) is 2.43. The van der Waals surface area contributed by atoms with Crippen LogP contribution in [-0.2, 0) is 11.3 Å². The molecule has 0 bridgehead atoms. The van der Waals surface area contributed by atoms with Crippen LogP contribution in [0.3, 0.4) is 0 Å². The number of nitrogens with one attached hydrogen (secondary N) is 2. The highest BCUT2D eigenvalue weighted by molar-refractivity contribution is 6.05.